The summed E-state index contributed by atoms with van der Waals surface area (Å²) in [5.74, 6) is 0. The maximum atomic E-state index is 3.14. The molecule has 1 unspecified atom stereocenters. The van der Waals surface area contributed by atoms with E-state index < -0.39 is 0 Å². The van der Waals surface area contributed by atoms with Gasteiger partial charge in [0.25, 0.3) is 0 Å². The van der Waals surface area contributed by atoms with Crippen molar-refractivity contribution in [1.29, 1.82) is 0 Å². The first kappa shape index (κ1) is 9.92. The standard InChI is InChI=1S/C8H20N2.H2/c1-5-8(2)10(4)7-6-9-3;/h8-9H,5-7H2,1-4H3;1H. The van der Waals surface area contributed by atoms with Crippen LogP contribution in [0.1, 0.15) is 21.7 Å². The van der Waals surface area contributed by atoms with Crippen molar-refractivity contribution in [2.45, 2.75) is 26.3 Å². The first-order chi connectivity index (χ1) is 4.72. The molecule has 2 nitrogen and oxygen atoms in total. The fourth-order valence-electron chi connectivity index (χ4n) is 0.820. The Labute approximate surface area is 66.1 Å². The largest absolute Gasteiger partial charge is 0.318 e. The molecule has 10 heavy (non-hydrogen) atoms. The molecule has 0 spiro atoms. The SMILES string of the molecule is CCC(C)N(C)CCNC.[HH]. The second-order valence-electron chi connectivity index (χ2n) is 2.84. The lowest BCUT2D eigenvalue weighted by atomic mass is 10.2. The second kappa shape index (κ2) is 5.69. The average molecular weight is 146 g/mol. The fraction of sp³-hybridized carbons (Fsp3) is 1.00. The fourth-order valence-corrected chi connectivity index (χ4v) is 0.820. The van der Waals surface area contributed by atoms with Crippen LogP contribution in [0, 0.1) is 0 Å². The number of rotatable bonds is 5. The summed E-state index contributed by atoms with van der Waals surface area (Å²) in [4.78, 5) is 2.37. The van der Waals surface area contributed by atoms with Crippen molar-refractivity contribution in [3.63, 3.8) is 0 Å². The average Bonchev–Trinajstić information content (AvgIpc) is 1.98. The number of hydrogen-bond donors (Lipinski definition) is 1. The van der Waals surface area contributed by atoms with Crippen molar-refractivity contribution in [2.75, 3.05) is 27.2 Å². The van der Waals surface area contributed by atoms with E-state index in [-0.39, 0.29) is 1.43 Å². The lowest BCUT2D eigenvalue weighted by molar-refractivity contribution is 0.254. The molecule has 0 rings (SSSR count). The Balaban J connectivity index is 0. The molecule has 0 aromatic rings. The lowest BCUT2D eigenvalue weighted by Gasteiger charge is -2.22. The quantitative estimate of drug-likeness (QED) is 0.626. The first-order valence-electron chi connectivity index (χ1n) is 4.07. The van der Waals surface area contributed by atoms with Gasteiger partial charge < -0.3 is 10.2 Å². The third-order valence-corrected chi connectivity index (χ3v) is 2.06. The van der Waals surface area contributed by atoms with Crippen LogP contribution < -0.4 is 5.32 Å². The first-order valence-corrected chi connectivity index (χ1v) is 4.07. The molecule has 0 fully saturated rings. The van der Waals surface area contributed by atoms with E-state index in [1.54, 1.807) is 0 Å². The molecule has 0 aliphatic heterocycles. The summed E-state index contributed by atoms with van der Waals surface area (Å²) in [6.45, 7) is 6.71. The Kier molecular flexibility index (Phi) is 5.64. The van der Waals surface area contributed by atoms with Crippen LogP contribution in [0.25, 0.3) is 0 Å². The van der Waals surface area contributed by atoms with Gasteiger partial charge in [0.15, 0.2) is 0 Å². The van der Waals surface area contributed by atoms with E-state index in [0.717, 1.165) is 13.1 Å². The highest BCUT2D eigenvalue weighted by molar-refractivity contribution is 4.60. The van der Waals surface area contributed by atoms with E-state index in [2.05, 4.69) is 31.1 Å². The molecule has 0 saturated carbocycles. The summed E-state index contributed by atoms with van der Waals surface area (Å²) in [6, 6.07) is 0.716. The van der Waals surface area contributed by atoms with Crippen LogP contribution >= 0.6 is 0 Å². The van der Waals surface area contributed by atoms with Crippen molar-refractivity contribution < 1.29 is 1.43 Å². The maximum Gasteiger partial charge on any atom is 0.0106 e. The van der Waals surface area contributed by atoms with E-state index in [1.165, 1.54) is 6.42 Å². The summed E-state index contributed by atoms with van der Waals surface area (Å²) in [5.41, 5.74) is 0. The van der Waals surface area contributed by atoms with E-state index in [0.29, 0.717) is 6.04 Å². The van der Waals surface area contributed by atoms with Crippen LogP contribution in [-0.4, -0.2) is 38.1 Å². The van der Waals surface area contributed by atoms with Gasteiger partial charge in [0, 0.05) is 20.6 Å². The van der Waals surface area contributed by atoms with Gasteiger partial charge in [-0.25, -0.2) is 0 Å². The zero-order chi connectivity index (χ0) is 7.98. The maximum absolute atomic E-state index is 3.14. The Hall–Kier alpha value is -0.0800. The molecule has 0 saturated heterocycles. The minimum absolute atomic E-state index is 0. The van der Waals surface area contributed by atoms with Crippen LogP contribution in [0.15, 0.2) is 0 Å². The predicted octanol–water partition coefficient (Wildman–Crippen LogP) is 1.18. The molecular weight excluding hydrogens is 124 g/mol. The highest BCUT2D eigenvalue weighted by Crippen LogP contribution is 1.97. The third kappa shape index (κ3) is 3.85. The van der Waals surface area contributed by atoms with Gasteiger partial charge in [-0.15, -0.1) is 0 Å². The molecule has 2 heteroatoms. The molecule has 0 aliphatic carbocycles. The molecule has 0 amide bonds. The van der Waals surface area contributed by atoms with Crippen LogP contribution in [0.2, 0.25) is 0 Å². The van der Waals surface area contributed by atoms with Crippen LogP contribution in [0.5, 0.6) is 0 Å². The number of likely N-dealkylation sites (N-methyl/N-ethyl adjacent to an activating group) is 2. The Morgan fingerprint density at radius 3 is 2.60 bits per heavy atom. The Morgan fingerprint density at radius 1 is 1.60 bits per heavy atom. The Bertz CT molecular complexity index is 78.5. The van der Waals surface area contributed by atoms with Gasteiger partial charge in [0.2, 0.25) is 0 Å². The van der Waals surface area contributed by atoms with E-state index >= 15 is 0 Å². The second-order valence-corrected chi connectivity index (χ2v) is 2.84. The zero-order valence-corrected chi connectivity index (χ0v) is 7.65. The van der Waals surface area contributed by atoms with Gasteiger partial charge in [-0.05, 0) is 27.4 Å². The monoisotopic (exact) mass is 146 g/mol. The summed E-state index contributed by atoms with van der Waals surface area (Å²) in [6.07, 6.45) is 1.24. The number of nitrogens with zero attached hydrogens (tertiary/aromatic N) is 1. The third-order valence-electron chi connectivity index (χ3n) is 2.06. The number of hydrogen-bond acceptors (Lipinski definition) is 2. The van der Waals surface area contributed by atoms with Crippen molar-refractivity contribution in [2.24, 2.45) is 0 Å². The molecule has 1 N–H and O–H groups in total. The minimum atomic E-state index is 0. The summed E-state index contributed by atoms with van der Waals surface area (Å²) in [5, 5.41) is 3.14. The smallest absolute Gasteiger partial charge is 0.0106 e. The molecule has 0 radical (unpaired) electrons. The summed E-state index contributed by atoms with van der Waals surface area (Å²) >= 11 is 0. The number of nitrogens with one attached hydrogen (secondary N) is 1. The van der Waals surface area contributed by atoms with Gasteiger partial charge in [-0.3, -0.25) is 0 Å². The van der Waals surface area contributed by atoms with E-state index in [9.17, 15) is 0 Å². The molecule has 0 aromatic heterocycles. The highest BCUT2D eigenvalue weighted by Gasteiger charge is 2.03. The predicted molar refractivity (Wildman–Crippen MR) is 48.4 cm³/mol. The molecule has 0 aliphatic rings. The normalized spacial score (nSPS) is 14.1. The van der Waals surface area contributed by atoms with Gasteiger partial charge in [-0.2, -0.15) is 0 Å². The van der Waals surface area contributed by atoms with Crippen LogP contribution in [0.3, 0.4) is 0 Å². The van der Waals surface area contributed by atoms with Crippen molar-refractivity contribution >= 4 is 0 Å². The molecule has 0 aromatic carbocycles. The molecule has 0 heterocycles. The van der Waals surface area contributed by atoms with Crippen molar-refractivity contribution in [3.8, 4) is 0 Å². The topological polar surface area (TPSA) is 15.3 Å². The van der Waals surface area contributed by atoms with Crippen molar-refractivity contribution in [3.05, 3.63) is 0 Å². The molecule has 1 atom stereocenters. The van der Waals surface area contributed by atoms with Gasteiger partial charge in [0.05, 0.1) is 0 Å². The van der Waals surface area contributed by atoms with E-state index in [4.69, 9.17) is 0 Å². The van der Waals surface area contributed by atoms with Gasteiger partial charge in [0.1, 0.15) is 0 Å². The Morgan fingerprint density at radius 2 is 2.20 bits per heavy atom. The van der Waals surface area contributed by atoms with Gasteiger partial charge >= 0.3 is 0 Å². The summed E-state index contributed by atoms with van der Waals surface area (Å²) in [7, 11) is 4.16. The molecule has 64 valence electrons. The van der Waals surface area contributed by atoms with Crippen LogP contribution in [0.4, 0.5) is 0 Å². The van der Waals surface area contributed by atoms with E-state index in [1.807, 2.05) is 7.05 Å². The minimum Gasteiger partial charge on any atom is -0.318 e. The lowest BCUT2D eigenvalue weighted by Crippen LogP contribution is -2.33. The molecular formula is C8H22N2. The zero-order valence-electron chi connectivity index (χ0n) is 7.65. The summed E-state index contributed by atoms with van der Waals surface area (Å²) < 4.78 is 0. The molecule has 0 bridgehead atoms. The van der Waals surface area contributed by atoms with Gasteiger partial charge in [-0.1, -0.05) is 6.92 Å². The van der Waals surface area contributed by atoms with Crippen LogP contribution in [-0.2, 0) is 0 Å². The highest BCUT2D eigenvalue weighted by atomic mass is 15.1. The van der Waals surface area contributed by atoms with Crippen molar-refractivity contribution in [1.82, 2.24) is 10.2 Å².